The number of carbonyl (C=O) groups excluding carboxylic acids is 1. The van der Waals surface area contributed by atoms with E-state index in [4.69, 9.17) is 8.83 Å². The molecule has 0 aliphatic rings. The second-order valence-corrected chi connectivity index (χ2v) is 5.82. The monoisotopic (exact) mass is 359 g/mol. The lowest BCUT2D eigenvalue weighted by Gasteiger charge is -1.98. The summed E-state index contributed by atoms with van der Waals surface area (Å²) >= 11 is 0. The van der Waals surface area contributed by atoms with E-state index in [1.54, 1.807) is 42.5 Å². The number of furan rings is 2. The van der Waals surface area contributed by atoms with Gasteiger partial charge in [0.25, 0.3) is 5.69 Å². The van der Waals surface area contributed by atoms with Crippen molar-refractivity contribution in [3.05, 3.63) is 94.4 Å². The summed E-state index contributed by atoms with van der Waals surface area (Å²) in [5, 5.41) is 12.0. The molecule has 0 radical (unpaired) electrons. The van der Waals surface area contributed by atoms with Gasteiger partial charge in [0, 0.05) is 11.5 Å². The summed E-state index contributed by atoms with van der Waals surface area (Å²) in [6.07, 6.45) is 2.85. The summed E-state index contributed by atoms with van der Waals surface area (Å²) in [4.78, 5) is 23.0. The van der Waals surface area contributed by atoms with Crippen LogP contribution in [0.5, 0.6) is 0 Å². The summed E-state index contributed by atoms with van der Waals surface area (Å²) in [6.45, 7) is 0. The number of nitrogens with zero attached hydrogens (tertiary/aromatic N) is 1. The normalized spacial score (nSPS) is 11.3. The summed E-state index contributed by atoms with van der Waals surface area (Å²) in [6, 6.07) is 18.7. The minimum atomic E-state index is -0.460. The van der Waals surface area contributed by atoms with E-state index >= 15 is 0 Å². The van der Waals surface area contributed by atoms with Gasteiger partial charge in [-0.3, -0.25) is 14.9 Å². The summed E-state index contributed by atoms with van der Waals surface area (Å²) < 4.78 is 11.2. The molecular formula is C21H13NO5. The van der Waals surface area contributed by atoms with Crippen LogP contribution in [-0.4, -0.2) is 10.7 Å². The quantitative estimate of drug-likeness (QED) is 0.203. The first kappa shape index (κ1) is 16.5. The predicted octanol–water partition coefficient (Wildman–Crippen LogP) is 5.50. The van der Waals surface area contributed by atoms with Crippen LogP contribution in [0.15, 0.2) is 81.6 Å². The van der Waals surface area contributed by atoms with Crippen molar-refractivity contribution in [1.29, 1.82) is 0 Å². The zero-order valence-electron chi connectivity index (χ0n) is 14.0. The van der Waals surface area contributed by atoms with Crippen LogP contribution in [0.4, 0.5) is 5.69 Å². The van der Waals surface area contributed by atoms with E-state index in [9.17, 15) is 14.9 Å². The van der Waals surface area contributed by atoms with Gasteiger partial charge in [0.2, 0.25) is 5.78 Å². The molecule has 2 aromatic heterocycles. The molecule has 4 aromatic rings. The van der Waals surface area contributed by atoms with Crippen LogP contribution in [0, 0.1) is 10.1 Å². The Morgan fingerprint density at radius 1 is 0.963 bits per heavy atom. The molecule has 0 atom stereocenters. The van der Waals surface area contributed by atoms with E-state index < -0.39 is 4.92 Å². The molecule has 0 spiro atoms. The van der Waals surface area contributed by atoms with Gasteiger partial charge in [0.15, 0.2) is 5.76 Å². The van der Waals surface area contributed by atoms with Crippen molar-refractivity contribution in [3.63, 3.8) is 0 Å². The maximum Gasteiger partial charge on any atom is 0.280 e. The molecule has 4 rings (SSSR count). The summed E-state index contributed by atoms with van der Waals surface area (Å²) in [7, 11) is 0. The van der Waals surface area contributed by atoms with E-state index in [0.29, 0.717) is 22.7 Å². The lowest BCUT2D eigenvalue weighted by molar-refractivity contribution is -0.384. The Morgan fingerprint density at radius 2 is 1.74 bits per heavy atom. The molecule has 0 unspecified atom stereocenters. The number of ketones is 1. The van der Waals surface area contributed by atoms with Crippen molar-refractivity contribution in [2.24, 2.45) is 0 Å². The van der Waals surface area contributed by atoms with Gasteiger partial charge in [-0.2, -0.15) is 0 Å². The SMILES string of the molecule is O=C(/C=C/c1ccc(-c2ccccc2[N+](=O)[O-])o1)c1cc2ccccc2o1. The Morgan fingerprint density at radius 3 is 2.56 bits per heavy atom. The molecule has 0 fully saturated rings. The van der Waals surface area contributed by atoms with Gasteiger partial charge in [-0.25, -0.2) is 0 Å². The first-order chi connectivity index (χ1) is 13.1. The van der Waals surface area contributed by atoms with Crippen LogP contribution in [0.3, 0.4) is 0 Å². The highest BCUT2D eigenvalue weighted by Gasteiger charge is 2.17. The Kier molecular flexibility index (Phi) is 4.14. The highest BCUT2D eigenvalue weighted by atomic mass is 16.6. The number of hydrogen-bond donors (Lipinski definition) is 0. The number of allylic oxidation sites excluding steroid dienone is 1. The number of fused-ring (bicyclic) bond motifs is 1. The maximum atomic E-state index is 12.3. The highest BCUT2D eigenvalue weighted by molar-refractivity contribution is 6.06. The molecule has 0 aliphatic heterocycles. The molecule has 27 heavy (non-hydrogen) atoms. The lowest BCUT2D eigenvalue weighted by atomic mass is 10.1. The summed E-state index contributed by atoms with van der Waals surface area (Å²) in [5.41, 5.74) is 0.984. The van der Waals surface area contributed by atoms with E-state index in [-0.39, 0.29) is 17.2 Å². The van der Waals surface area contributed by atoms with Gasteiger partial charge >= 0.3 is 0 Å². The van der Waals surface area contributed by atoms with Gasteiger partial charge in [0.1, 0.15) is 17.1 Å². The van der Waals surface area contributed by atoms with Crippen molar-refractivity contribution in [2.75, 3.05) is 0 Å². The van der Waals surface area contributed by atoms with Crippen LogP contribution in [0.2, 0.25) is 0 Å². The predicted molar refractivity (Wildman–Crippen MR) is 100 cm³/mol. The van der Waals surface area contributed by atoms with Gasteiger partial charge < -0.3 is 8.83 Å². The van der Waals surface area contributed by atoms with E-state index in [1.165, 1.54) is 18.2 Å². The number of para-hydroxylation sites is 2. The van der Waals surface area contributed by atoms with E-state index in [2.05, 4.69) is 0 Å². The molecular weight excluding hydrogens is 346 g/mol. The molecule has 2 heterocycles. The highest BCUT2D eigenvalue weighted by Crippen LogP contribution is 2.31. The van der Waals surface area contributed by atoms with Gasteiger partial charge in [0.05, 0.1) is 10.5 Å². The first-order valence-corrected chi connectivity index (χ1v) is 8.16. The molecule has 132 valence electrons. The first-order valence-electron chi connectivity index (χ1n) is 8.16. The molecule has 0 saturated heterocycles. The van der Waals surface area contributed by atoms with Gasteiger partial charge in [-0.15, -0.1) is 0 Å². The zero-order chi connectivity index (χ0) is 18.8. The number of nitro groups is 1. The molecule has 0 amide bonds. The number of carbonyl (C=O) groups is 1. The Labute approximate surface area is 153 Å². The smallest absolute Gasteiger partial charge is 0.280 e. The summed E-state index contributed by atoms with van der Waals surface area (Å²) in [5.74, 6) is 0.707. The fourth-order valence-electron chi connectivity index (χ4n) is 2.77. The van der Waals surface area contributed by atoms with Crippen molar-refractivity contribution < 1.29 is 18.6 Å². The number of hydrogen-bond acceptors (Lipinski definition) is 5. The Balaban J connectivity index is 1.57. The average molecular weight is 359 g/mol. The van der Waals surface area contributed by atoms with Crippen molar-refractivity contribution >= 4 is 28.5 Å². The van der Waals surface area contributed by atoms with Crippen LogP contribution < -0.4 is 0 Å². The standard InChI is InChI=1S/C21H13NO5/c23-18(21-13-14-5-1-4-8-19(14)27-21)11-9-15-10-12-20(26-15)16-6-2-3-7-17(16)22(24)25/h1-13H/b11-9+. The Bertz CT molecular complexity index is 1150. The Hall–Kier alpha value is -3.93. The topological polar surface area (TPSA) is 86.5 Å². The number of nitro benzene ring substituents is 1. The number of benzene rings is 2. The van der Waals surface area contributed by atoms with E-state index in [1.807, 2.05) is 18.2 Å². The fraction of sp³-hybridized carbons (Fsp3) is 0. The zero-order valence-corrected chi connectivity index (χ0v) is 14.0. The third-order valence-electron chi connectivity index (χ3n) is 4.06. The van der Waals surface area contributed by atoms with Gasteiger partial charge in [-0.05, 0) is 42.5 Å². The average Bonchev–Trinajstić information content (AvgIpc) is 3.33. The van der Waals surface area contributed by atoms with Gasteiger partial charge in [-0.1, -0.05) is 30.3 Å². The third-order valence-corrected chi connectivity index (χ3v) is 4.06. The molecule has 0 saturated carbocycles. The lowest BCUT2D eigenvalue weighted by Crippen LogP contribution is -1.90. The van der Waals surface area contributed by atoms with Crippen molar-refractivity contribution in [2.45, 2.75) is 0 Å². The van der Waals surface area contributed by atoms with Crippen LogP contribution in [0.1, 0.15) is 16.3 Å². The largest absolute Gasteiger partial charge is 0.456 e. The van der Waals surface area contributed by atoms with Crippen molar-refractivity contribution in [3.8, 4) is 11.3 Å². The van der Waals surface area contributed by atoms with Crippen LogP contribution in [0.25, 0.3) is 28.4 Å². The fourth-order valence-corrected chi connectivity index (χ4v) is 2.77. The molecule has 2 aromatic carbocycles. The molecule has 0 bridgehead atoms. The molecule has 0 aliphatic carbocycles. The molecule has 6 heteroatoms. The molecule has 6 nitrogen and oxygen atoms in total. The van der Waals surface area contributed by atoms with Crippen LogP contribution >= 0.6 is 0 Å². The molecule has 0 N–H and O–H groups in total. The second-order valence-electron chi connectivity index (χ2n) is 5.82. The van der Waals surface area contributed by atoms with Crippen molar-refractivity contribution in [1.82, 2.24) is 0 Å². The minimum Gasteiger partial charge on any atom is -0.456 e. The second kappa shape index (κ2) is 6.76. The van der Waals surface area contributed by atoms with Crippen LogP contribution in [-0.2, 0) is 0 Å². The minimum absolute atomic E-state index is 0.0410. The maximum absolute atomic E-state index is 12.3. The van der Waals surface area contributed by atoms with E-state index in [0.717, 1.165) is 5.39 Å². The third kappa shape index (κ3) is 3.28. The number of rotatable bonds is 5.